The zero-order valence-electron chi connectivity index (χ0n) is 11.2. The molecular formula is C12H22F3NOS. The quantitative estimate of drug-likeness (QED) is 0.791. The molecule has 2 nitrogen and oxygen atoms in total. The third kappa shape index (κ3) is 4.53. The minimum atomic E-state index is -4.07. The Kier molecular flexibility index (Phi) is 5.65. The fourth-order valence-electron chi connectivity index (χ4n) is 2.65. The maximum atomic E-state index is 12.7. The van der Waals surface area contributed by atoms with Crippen molar-refractivity contribution >= 4 is 10.8 Å². The molecule has 0 N–H and O–H groups in total. The lowest BCUT2D eigenvalue weighted by Gasteiger charge is -2.38. The van der Waals surface area contributed by atoms with Crippen LogP contribution in [0.2, 0.25) is 0 Å². The minimum Gasteiger partial charge on any atom is -0.300 e. The van der Waals surface area contributed by atoms with Crippen LogP contribution in [0.15, 0.2) is 0 Å². The van der Waals surface area contributed by atoms with Gasteiger partial charge in [0.05, 0.1) is 5.92 Å². The first-order valence-electron chi connectivity index (χ1n) is 6.30. The molecule has 0 bridgehead atoms. The zero-order chi connectivity index (χ0) is 13.9. The van der Waals surface area contributed by atoms with E-state index in [4.69, 9.17) is 0 Å². The van der Waals surface area contributed by atoms with Crippen LogP contribution in [-0.2, 0) is 10.8 Å². The van der Waals surface area contributed by atoms with Crippen LogP contribution in [0.4, 0.5) is 13.2 Å². The van der Waals surface area contributed by atoms with Crippen molar-refractivity contribution in [3.8, 4) is 0 Å². The molecule has 1 aliphatic rings. The number of hydrogen-bond donors (Lipinski definition) is 0. The van der Waals surface area contributed by atoms with E-state index in [1.54, 1.807) is 6.26 Å². The largest absolute Gasteiger partial charge is 0.391 e. The van der Waals surface area contributed by atoms with Crippen molar-refractivity contribution in [2.75, 3.05) is 19.1 Å². The summed E-state index contributed by atoms with van der Waals surface area (Å²) in [5.41, 5.74) is 0. The molecular weight excluding hydrogens is 263 g/mol. The van der Waals surface area contributed by atoms with Crippen LogP contribution in [0.1, 0.15) is 32.6 Å². The molecule has 0 unspecified atom stereocenters. The van der Waals surface area contributed by atoms with Crippen LogP contribution in [0.25, 0.3) is 0 Å². The highest BCUT2D eigenvalue weighted by molar-refractivity contribution is 7.84. The Hall–Kier alpha value is -0.100. The van der Waals surface area contributed by atoms with Crippen LogP contribution in [0, 0.1) is 5.92 Å². The first-order chi connectivity index (χ1) is 8.21. The van der Waals surface area contributed by atoms with Crippen molar-refractivity contribution in [1.82, 2.24) is 4.90 Å². The summed E-state index contributed by atoms with van der Waals surface area (Å²) in [4.78, 5) is 1.97. The Morgan fingerprint density at radius 1 is 1.39 bits per heavy atom. The maximum Gasteiger partial charge on any atom is 0.391 e. The predicted octanol–water partition coefficient (Wildman–Crippen LogP) is 2.81. The fraction of sp³-hybridized carbons (Fsp3) is 1.00. The molecule has 0 amide bonds. The van der Waals surface area contributed by atoms with Crippen LogP contribution in [0.5, 0.6) is 0 Å². The van der Waals surface area contributed by atoms with Gasteiger partial charge in [0.2, 0.25) is 0 Å². The van der Waals surface area contributed by atoms with E-state index in [1.165, 1.54) is 0 Å². The zero-order valence-corrected chi connectivity index (χ0v) is 12.0. The first kappa shape index (κ1) is 16.0. The van der Waals surface area contributed by atoms with E-state index in [0.29, 0.717) is 12.2 Å². The molecule has 0 heterocycles. The summed E-state index contributed by atoms with van der Waals surface area (Å²) in [5.74, 6) is -0.651. The average molecular weight is 285 g/mol. The van der Waals surface area contributed by atoms with Crippen LogP contribution in [-0.4, -0.2) is 46.4 Å². The number of halogens is 3. The molecule has 0 spiro atoms. The van der Waals surface area contributed by atoms with Crippen LogP contribution < -0.4 is 0 Å². The highest BCUT2D eigenvalue weighted by Gasteiger charge is 2.43. The van der Waals surface area contributed by atoms with Crippen molar-refractivity contribution in [2.45, 2.75) is 50.9 Å². The third-order valence-corrected chi connectivity index (χ3v) is 4.81. The second-order valence-corrected chi connectivity index (χ2v) is 6.79. The molecule has 0 aromatic carbocycles. The Bertz CT molecular complexity index is 296. The summed E-state index contributed by atoms with van der Waals surface area (Å²) in [7, 11) is 0.938. The summed E-state index contributed by atoms with van der Waals surface area (Å²) >= 11 is 0. The number of hydrogen-bond acceptors (Lipinski definition) is 2. The van der Waals surface area contributed by atoms with Crippen molar-refractivity contribution in [3.63, 3.8) is 0 Å². The van der Waals surface area contributed by atoms with Crippen LogP contribution >= 0.6 is 0 Å². The van der Waals surface area contributed by atoms with Gasteiger partial charge in [-0.05, 0) is 33.2 Å². The SMILES string of the molecule is C[C@H](C[S@](C)=O)N(C)[C@H]1CCC[C@H](C(F)(F)F)C1. The monoisotopic (exact) mass is 285 g/mol. The van der Waals surface area contributed by atoms with Gasteiger partial charge in [0.1, 0.15) is 0 Å². The molecule has 0 aliphatic heterocycles. The Morgan fingerprint density at radius 2 is 2.00 bits per heavy atom. The molecule has 0 saturated heterocycles. The number of alkyl halides is 3. The molecule has 108 valence electrons. The first-order valence-corrected chi connectivity index (χ1v) is 8.03. The number of nitrogens with zero attached hydrogens (tertiary/aromatic N) is 1. The molecule has 1 saturated carbocycles. The normalized spacial score (nSPS) is 29.3. The van der Waals surface area contributed by atoms with Gasteiger partial charge in [0.15, 0.2) is 0 Å². The highest BCUT2D eigenvalue weighted by atomic mass is 32.2. The van der Waals surface area contributed by atoms with Crippen molar-refractivity contribution < 1.29 is 17.4 Å². The summed E-state index contributed by atoms with van der Waals surface area (Å²) in [6.07, 6.45) is -0.576. The van der Waals surface area contributed by atoms with E-state index < -0.39 is 22.9 Å². The van der Waals surface area contributed by atoms with Gasteiger partial charge in [-0.3, -0.25) is 9.11 Å². The molecule has 1 fully saturated rings. The van der Waals surface area contributed by atoms with Gasteiger partial charge >= 0.3 is 6.18 Å². The maximum absolute atomic E-state index is 12.7. The molecule has 1 aliphatic carbocycles. The topological polar surface area (TPSA) is 20.3 Å². The Morgan fingerprint density at radius 3 is 2.50 bits per heavy atom. The predicted molar refractivity (Wildman–Crippen MR) is 68.0 cm³/mol. The summed E-state index contributed by atoms with van der Waals surface area (Å²) in [6, 6.07) is 0.0248. The molecule has 0 radical (unpaired) electrons. The van der Waals surface area contributed by atoms with Gasteiger partial charge < -0.3 is 0 Å². The second kappa shape index (κ2) is 6.37. The minimum absolute atomic E-state index is 0.0380. The molecule has 4 atom stereocenters. The Balaban J connectivity index is 2.58. The fourth-order valence-corrected chi connectivity index (χ4v) is 3.56. The summed E-state index contributed by atoms with van der Waals surface area (Å²) in [5, 5.41) is 0. The smallest absolute Gasteiger partial charge is 0.300 e. The standard InChI is InChI=1S/C12H22F3NOS/c1-9(8-18(3)17)16(2)11-6-4-5-10(7-11)12(13,14)15/h9-11H,4-8H2,1-3H3/t9-,10+,11+,18+/m1/s1. The van der Waals surface area contributed by atoms with E-state index in [-0.39, 0.29) is 24.9 Å². The lowest BCUT2D eigenvalue weighted by Crippen LogP contribution is -2.45. The van der Waals surface area contributed by atoms with Gasteiger partial charge in [-0.1, -0.05) is 6.42 Å². The lowest BCUT2D eigenvalue weighted by atomic mass is 9.84. The average Bonchev–Trinajstić information content (AvgIpc) is 2.26. The van der Waals surface area contributed by atoms with Crippen molar-refractivity contribution in [1.29, 1.82) is 0 Å². The Labute approximate surface area is 109 Å². The molecule has 18 heavy (non-hydrogen) atoms. The number of rotatable bonds is 4. The van der Waals surface area contributed by atoms with Crippen molar-refractivity contribution in [3.05, 3.63) is 0 Å². The van der Waals surface area contributed by atoms with Gasteiger partial charge in [0.25, 0.3) is 0 Å². The van der Waals surface area contributed by atoms with E-state index in [9.17, 15) is 17.4 Å². The molecule has 6 heteroatoms. The van der Waals surface area contributed by atoms with E-state index >= 15 is 0 Å². The van der Waals surface area contributed by atoms with E-state index in [0.717, 1.165) is 6.42 Å². The van der Waals surface area contributed by atoms with E-state index in [1.807, 2.05) is 18.9 Å². The van der Waals surface area contributed by atoms with Crippen LogP contribution in [0.3, 0.4) is 0 Å². The summed E-state index contributed by atoms with van der Waals surface area (Å²) in [6.45, 7) is 1.93. The van der Waals surface area contributed by atoms with Gasteiger partial charge in [-0.25, -0.2) is 0 Å². The van der Waals surface area contributed by atoms with Gasteiger partial charge in [0, 0.05) is 34.9 Å². The molecule has 0 aromatic rings. The lowest BCUT2D eigenvalue weighted by molar-refractivity contribution is -0.186. The summed E-state index contributed by atoms with van der Waals surface area (Å²) < 4.78 is 49.3. The van der Waals surface area contributed by atoms with Gasteiger partial charge in [-0.2, -0.15) is 13.2 Å². The highest BCUT2D eigenvalue weighted by Crippen LogP contribution is 2.39. The van der Waals surface area contributed by atoms with E-state index in [2.05, 4.69) is 0 Å². The third-order valence-electron chi connectivity index (χ3n) is 3.86. The molecule has 1 rings (SSSR count). The van der Waals surface area contributed by atoms with Gasteiger partial charge in [-0.15, -0.1) is 0 Å². The second-order valence-electron chi connectivity index (χ2n) is 5.31. The molecule has 0 aromatic heterocycles. The van der Waals surface area contributed by atoms with Crippen molar-refractivity contribution in [2.24, 2.45) is 5.92 Å².